The van der Waals surface area contributed by atoms with Gasteiger partial charge in [-0.1, -0.05) is 48.0 Å². The number of halogens is 1. The third-order valence-corrected chi connectivity index (χ3v) is 6.66. The van der Waals surface area contributed by atoms with Crippen molar-refractivity contribution in [3.63, 3.8) is 0 Å². The van der Waals surface area contributed by atoms with Crippen molar-refractivity contribution in [2.24, 2.45) is 0 Å². The molecule has 1 aliphatic heterocycles. The van der Waals surface area contributed by atoms with Crippen LogP contribution in [0.3, 0.4) is 0 Å². The maximum atomic E-state index is 13.8. The van der Waals surface area contributed by atoms with E-state index in [-0.39, 0.29) is 24.5 Å². The first-order valence-electron chi connectivity index (χ1n) is 12.1. The summed E-state index contributed by atoms with van der Waals surface area (Å²) in [6, 6.07) is 22.1. The quantitative estimate of drug-likeness (QED) is 0.479. The van der Waals surface area contributed by atoms with Gasteiger partial charge >= 0.3 is 0 Å². The van der Waals surface area contributed by atoms with E-state index in [9.17, 15) is 9.59 Å². The standard InChI is InChI=1S/C29H31ClN2O4/c1-31-15-6-7-16-32(28(33)22-11-8-12-25(18-22)35-2)24(17-21-9-4-3-5-10-21)20-36-27-14-13-23(30)19-26(27)29(31)34/h3-5,8-14,18-19,24H,6-7,15-17,20H2,1-2H3/t24-/m0/s1. The van der Waals surface area contributed by atoms with Gasteiger partial charge in [0.15, 0.2) is 0 Å². The van der Waals surface area contributed by atoms with Gasteiger partial charge in [-0.2, -0.15) is 0 Å². The van der Waals surface area contributed by atoms with E-state index in [1.54, 1.807) is 43.3 Å². The highest BCUT2D eigenvalue weighted by molar-refractivity contribution is 6.31. The summed E-state index contributed by atoms with van der Waals surface area (Å²) in [4.78, 5) is 30.5. The first-order chi connectivity index (χ1) is 17.5. The van der Waals surface area contributed by atoms with E-state index in [2.05, 4.69) is 12.1 Å². The Kier molecular flexibility index (Phi) is 8.49. The smallest absolute Gasteiger partial charge is 0.257 e. The molecule has 0 aromatic heterocycles. The van der Waals surface area contributed by atoms with E-state index in [1.807, 2.05) is 41.3 Å². The zero-order valence-corrected chi connectivity index (χ0v) is 21.4. The van der Waals surface area contributed by atoms with Gasteiger partial charge in [-0.05, 0) is 61.2 Å². The van der Waals surface area contributed by atoms with E-state index < -0.39 is 0 Å². The topological polar surface area (TPSA) is 59.1 Å². The van der Waals surface area contributed by atoms with Crippen LogP contribution in [0.2, 0.25) is 5.02 Å². The number of rotatable bonds is 4. The molecule has 6 nitrogen and oxygen atoms in total. The molecule has 3 aromatic carbocycles. The van der Waals surface area contributed by atoms with Crippen LogP contribution in [-0.4, -0.2) is 61.5 Å². The molecule has 3 aromatic rings. The van der Waals surface area contributed by atoms with Crippen LogP contribution < -0.4 is 9.47 Å². The Labute approximate surface area is 217 Å². The number of nitrogens with zero attached hydrogens (tertiary/aromatic N) is 2. The molecule has 0 bridgehead atoms. The lowest BCUT2D eigenvalue weighted by Crippen LogP contribution is -2.46. The zero-order valence-electron chi connectivity index (χ0n) is 20.7. The van der Waals surface area contributed by atoms with Crippen LogP contribution in [0.1, 0.15) is 39.1 Å². The average Bonchev–Trinajstić information content (AvgIpc) is 2.91. The lowest BCUT2D eigenvalue weighted by Gasteiger charge is -2.33. The average molecular weight is 507 g/mol. The Morgan fingerprint density at radius 2 is 1.81 bits per heavy atom. The van der Waals surface area contributed by atoms with Crippen LogP contribution in [-0.2, 0) is 6.42 Å². The van der Waals surface area contributed by atoms with Gasteiger partial charge in [0.25, 0.3) is 11.8 Å². The molecule has 1 aliphatic rings. The third-order valence-electron chi connectivity index (χ3n) is 6.42. The predicted octanol–water partition coefficient (Wildman–Crippen LogP) is 5.35. The number of fused-ring (bicyclic) bond motifs is 1. The van der Waals surface area contributed by atoms with Crippen LogP contribution >= 0.6 is 11.6 Å². The van der Waals surface area contributed by atoms with Crippen molar-refractivity contribution < 1.29 is 19.1 Å². The van der Waals surface area contributed by atoms with Crippen molar-refractivity contribution in [1.29, 1.82) is 0 Å². The van der Waals surface area contributed by atoms with Gasteiger partial charge in [-0.15, -0.1) is 0 Å². The van der Waals surface area contributed by atoms with Crippen LogP contribution in [0.5, 0.6) is 11.5 Å². The Morgan fingerprint density at radius 3 is 2.58 bits per heavy atom. The van der Waals surface area contributed by atoms with Crippen molar-refractivity contribution in [2.45, 2.75) is 25.3 Å². The highest BCUT2D eigenvalue weighted by atomic mass is 35.5. The summed E-state index contributed by atoms with van der Waals surface area (Å²) in [6.07, 6.45) is 2.13. The molecule has 0 fully saturated rings. The largest absolute Gasteiger partial charge is 0.497 e. The molecule has 2 amide bonds. The van der Waals surface area contributed by atoms with Gasteiger partial charge in [-0.25, -0.2) is 0 Å². The molecule has 0 unspecified atom stereocenters. The highest BCUT2D eigenvalue weighted by Gasteiger charge is 2.28. The summed E-state index contributed by atoms with van der Waals surface area (Å²) >= 11 is 6.22. The second-order valence-electron chi connectivity index (χ2n) is 8.96. The molecule has 1 heterocycles. The van der Waals surface area contributed by atoms with Crippen LogP contribution in [0.25, 0.3) is 0 Å². The number of amides is 2. The van der Waals surface area contributed by atoms with Crippen molar-refractivity contribution in [2.75, 3.05) is 33.9 Å². The van der Waals surface area contributed by atoms with Crippen molar-refractivity contribution in [1.82, 2.24) is 9.80 Å². The van der Waals surface area contributed by atoms with E-state index in [4.69, 9.17) is 21.1 Å². The van der Waals surface area contributed by atoms with Gasteiger partial charge in [0, 0.05) is 30.7 Å². The SMILES string of the molecule is COc1cccc(C(=O)N2CCCCN(C)C(=O)c3cc(Cl)ccc3OC[C@@H]2Cc2ccccc2)c1. The maximum Gasteiger partial charge on any atom is 0.257 e. The minimum Gasteiger partial charge on any atom is -0.497 e. The van der Waals surface area contributed by atoms with Crippen molar-refractivity contribution >= 4 is 23.4 Å². The Balaban J connectivity index is 1.71. The fraction of sp³-hybridized carbons (Fsp3) is 0.310. The summed E-state index contributed by atoms with van der Waals surface area (Å²) in [7, 11) is 3.36. The number of benzene rings is 3. The highest BCUT2D eigenvalue weighted by Crippen LogP contribution is 2.26. The normalized spacial score (nSPS) is 16.9. The molecule has 0 N–H and O–H groups in total. The molecule has 36 heavy (non-hydrogen) atoms. The van der Waals surface area contributed by atoms with Crippen molar-refractivity contribution in [3.05, 3.63) is 94.5 Å². The summed E-state index contributed by atoms with van der Waals surface area (Å²) in [5, 5.41) is 0.474. The molecule has 0 aliphatic carbocycles. The molecule has 0 radical (unpaired) electrons. The monoisotopic (exact) mass is 506 g/mol. The first-order valence-corrected chi connectivity index (χ1v) is 12.5. The molecular formula is C29H31ClN2O4. The maximum absolute atomic E-state index is 13.8. The summed E-state index contributed by atoms with van der Waals surface area (Å²) in [6.45, 7) is 1.35. The van der Waals surface area contributed by atoms with Crippen molar-refractivity contribution in [3.8, 4) is 11.5 Å². The Bertz CT molecular complexity index is 1200. The number of methoxy groups -OCH3 is 1. The molecule has 0 saturated carbocycles. The van der Waals surface area contributed by atoms with Gasteiger partial charge in [0.2, 0.25) is 0 Å². The zero-order chi connectivity index (χ0) is 25.5. The molecule has 7 heteroatoms. The third kappa shape index (κ3) is 6.18. The Morgan fingerprint density at radius 1 is 1.03 bits per heavy atom. The van der Waals surface area contributed by atoms with Crippen LogP contribution in [0, 0.1) is 0 Å². The number of hydrogen-bond donors (Lipinski definition) is 0. The Hall–Kier alpha value is -3.51. The number of ether oxygens (including phenoxy) is 2. The summed E-state index contributed by atoms with van der Waals surface area (Å²) in [5.74, 6) is 0.897. The molecule has 188 valence electrons. The fourth-order valence-electron chi connectivity index (χ4n) is 4.44. The minimum absolute atomic E-state index is 0.0729. The summed E-state index contributed by atoms with van der Waals surface area (Å²) < 4.78 is 11.6. The lowest BCUT2D eigenvalue weighted by molar-refractivity contribution is 0.0590. The molecule has 0 saturated heterocycles. The van der Waals surface area contributed by atoms with Gasteiger partial charge < -0.3 is 19.3 Å². The molecule has 0 spiro atoms. The van der Waals surface area contributed by atoms with E-state index >= 15 is 0 Å². The second-order valence-corrected chi connectivity index (χ2v) is 9.40. The molecule has 4 rings (SSSR count). The predicted molar refractivity (Wildman–Crippen MR) is 141 cm³/mol. The fourth-order valence-corrected chi connectivity index (χ4v) is 4.61. The number of carbonyl (C=O) groups excluding carboxylic acids is 2. The first kappa shape index (κ1) is 25.6. The van der Waals surface area contributed by atoms with Gasteiger partial charge in [0.1, 0.15) is 18.1 Å². The van der Waals surface area contributed by atoms with Gasteiger partial charge in [-0.3, -0.25) is 9.59 Å². The number of hydrogen-bond acceptors (Lipinski definition) is 4. The summed E-state index contributed by atoms with van der Waals surface area (Å²) in [5.41, 5.74) is 2.10. The van der Waals surface area contributed by atoms with Gasteiger partial charge in [0.05, 0.1) is 18.7 Å². The lowest BCUT2D eigenvalue weighted by atomic mass is 10.0. The van der Waals surface area contributed by atoms with E-state index in [0.717, 1.165) is 18.4 Å². The second kappa shape index (κ2) is 12.0. The van der Waals surface area contributed by atoms with Crippen LogP contribution in [0.4, 0.5) is 0 Å². The number of carbonyl (C=O) groups is 2. The minimum atomic E-state index is -0.248. The van der Waals surface area contributed by atoms with E-state index in [1.165, 1.54) is 0 Å². The van der Waals surface area contributed by atoms with E-state index in [0.29, 0.717) is 47.2 Å². The molecule has 1 atom stereocenters. The van der Waals surface area contributed by atoms with Crippen LogP contribution in [0.15, 0.2) is 72.8 Å². The molecular weight excluding hydrogens is 476 g/mol.